The first-order valence-electron chi connectivity index (χ1n) is 4.08. The van der Waals surface area contributed by atoms with Gasteiger partial charge in [0.2, 0.25) is 0 Å². The van der Waals surface area contributed by atoms with E-state index in [1.165, 1.54) is 15.3 Å². The molecule has 0 N–H and O–H groups in total. The Hall–Kier alpha value is -0.0800. The zero-order valence-corrected chi connectivity index (χ0v) is 9.83. The zero-order chi connectivity index (χ0) is 8.97. The van der Waals surface area contributed by atoms with Crippen molar-refractivity contribution in [1.82, 2.24) is 0 Å². The third kappa shape index (κ3) is 2.76. The number of thiophene rings is 1. The minimum Gasteiger partial charge on any atom is -0.141 e. The summed E-state index contributed by atoms with van der Waals surface area (Å²) >= 11 is 5.31. The van der Waals surface area contributed by atoms with E-state index in [1.807, 2.05) is 11.3 Å². The van der Waals surface area contributed by atoms with Crippen molar-refractivity contribution < 1.29 is 0 Å². The highest BCUT2D eigenvalue weighted by atomic mass is 79.9. The molecule has 66 valence electrons. The van der Waals surface area contributed by atoms with E-state index in [-0.39, 0.29) is 0 Å². The van der Waals surface area contributed by atoms with Crippen LogP contribution >= 0.6 is 27.3 Å². The second-order valence-electron chi connectivity index (χ2n) is 2.78. The van der Waals surface area contributed by atoms with Crippen LogP contribution in [0.15, 0.2) is 17.7 Å². The lowest BCUT2D eigenvalue weighted by Crippen LogP contribution is -1.72. The maximum absolute atomic E-state index is 3.43. The number of halogens is 1. The van der Waals surface area contributed by atoms with Gasteiger partial charge in [-0.1, -0.05) is 28.4 Å². The summed E-state index contributed by atoms with van der Waals surface area (Å²) in [5.41, 5.74) is 1.37. The van der Waals surface area contributed by atoms with Crippen molar-refractivity contribution in [1.29, 1.82) is 0 Å². The van der Waals surface area contributed by atoms with Crippen LogP contribution in [-0.4, -0.2) is 5.33 Å². The Morgan fingerprint density at radius 3 is 2.83 bits per heavy atom. The molecule has 0 amide bonds. The first-order valence-corrected chi connectivity index (χ1v) is 6.02. The Kier molecular flexibility index (Phi) is 4.02. The van der Waals surface area contributed by atoms with Gasteiger partial charge in [-0.25, -0.2) is 0 Å². The smallest absolute Gasteiger partial charge is 0.0272 e. The van der Waals surface area contributed by atoms with Gasteiger partial charge in [0.05, 0.1) is 0 Å². The van der Waals surface area contributed by atoms with Crippen LogP contribution in [0.5, 0.6) is 0 Å². The maximum atomic E-state index is 3.43. The van der Waals surface area contributed by atoms with Crippen molar-refractivity contribution in [2.45, 2.75) is 20.3 Å². The van der Waals surface area contributed by atoms with E-state index in [0.717, 1.165) is 11.8 Å². The Bertz CT molecular complexity index is 273. The van der Waals surface area contributed by atoms with E-state index in [1.54, 1.807) is 0 Å². The van der Waals surface area contributed by atoms with E-state index in [9.17, 15) is 0 Å². The third-order valence-electron chi connectivity index (χ3n) is 1.63. The zero-order valence-electron chi connectivity index (χ0n) is 7.43. The predicted octanol–water partition coefficient (Wildman–Crippen LogP) is 4.11. The lowest BCUT2D eigenvalue weighted by atomic mass is 10.3. The first kappa shape index (κ1) is 10.0. The third-order valence-corrected chi connectivity index (χ3v) is 3.69. The standard InChI is InChI=1S/C10H13BrS/c1-3-9-4-5-10(12-9)6-8(2)7-11/h4-6H,3,7H2,1-2H3/b8-6-. The van der Waals surface area contributed by atoms with Crippen LogP contribution in [-0.2, 0) is 6.42 Å². The molecule has 1 heterocycles. The summed E-state index contributed by atoms with van der Waals surface area (Å²) < 4.78 is 0. The van der Waals surface area contributed by atoms with Crippen molar-refractivity contribution in [3.05, 3.63) is 27.5 Å². The molecule has 0 aliphatic carbocycles. The van der Waals surface area contributed by atoms with Crippen LogP contribution in [0.4, 0.5) is 0 Å². The number of hydrogen-bond acceptors (Lipinski definition) is 1. The van der Waals surface area contributed by atoms with Gasteiger partial charge in [0.15, 0.2) is 0 Å². The molecule has 0 spiro atoms. The molecule has 12 heavy (non-hydrogen) atoms. The van der Waals surface area contributed by atoms with Gasteiger partial charge in [0.25, 0.3) is 0 Å². The fourth-order valence-corrected chi connectivity index (χ4v) is 2.08. The van der Waals surface area contributed by atoms with Gasteiger partial charge in [0.1, 0.15) is 0 Å². The largest absolute Gasteiger partial charge is 0.141 e. The highest BCUT2D eigenvalue weighted by Crippen LogP contribution is 2.19. The molecule has 1 aromatic rings. The average Bonchev–Trinajstić information content (AvgIpc) is 2.52. The molecule has 0 bridgehead atoms. The summed E-state index contributed by atoms with van der Waals surface area (Å²) in [4.78, 5) is 2.83. The van der Waals surface area contributed by atoms with Gasteiger partial charge >= 0.3 is 0 Å². The van der Waals surface area contributed by atoms with Crippen molar-refractivity contribution in [2.24, 2.45) is 0 Å². The highest BCUT2D eigenvalue weighted by Gasteiger charge is 1.95. The number of rotatable bonds is 3. The van der Waals surface area contributed by atoms with Crippen LogP contribution in [0.2, 0.25) is 0 Å². The quantitative estimate of drug-likeness (QED) is 0.703. The molecule has 0 aliphatic rings. The molecule has 0 aliphatic heterocycles. The summed E-state index contributed by atoms with van der Waals surface area (Å²) in [5.74, 6) is 0. The van der Waals surface area contributed by atoms with Gasteiger partial charge in [-0.15, -0.1) is 11.3 Å². The molecule has 0 radical (unpaired) electrons. The minimum absolute atomic E-state index is 0.965. The number of hydrogen-bond donors (Lipinski definition) is 0. The van der Waals surface area contributed by atoms with E-state index < -0.39 is 0 Å². The molecular formula is C10H13BrS. The molecule has 0 fully saturated rings. The van der Waals surface area contributed by atoms with Crippen molar-refractivity contribution in [3.8, 4) is 0 Å². The molecular weight excluding hydrogens is 232 g/mol. The summed E-state index contributed by atoms with van der Waals surface area (Å²) in [6, 6.07) is 4.40. The lowest BCUT2D eigenvalue weighted by Gasteiger charge is -1.90. The van der Waals surface area contributed by atoms with Crippen molar-refractivity contribution in [3.63, 3.8) is 0 Å². The van der Waals surface area contributed by atoms with Crippen LogP contribution in [0, 0.1) is 0 Å². The SMILES string of the molecule is CCc1ccc(/C=C(/C)CBr)s1. The molecule has 0 nitrogen and oxygen atoms in total. The van der Waals surface area contributed by atoms with Crippen LogP contribution in [0.1, 0.15) is 23.6 Å². The van der Waals surface area contributed by atoms with Gasteiger partial charge < -0.3 is 0 Å². The summed E-state index contributed by atoms with van der Waals surface area (Å²) in [6.45, 7) is 4.33. The molecule has 0 aromatic carbocycles. The van der Waals surface area contributed by atoms with Crippen molar-refractivity contribution >= 4 is 33.3 Å². The number of aryl methyl sites for hydroxylation is 1. The summed E-state index contributed by atoms with van der Waals surface area (Å²) in [5, 5.41) is 0.965. The number of allylic oxidation sites excluding steroid dienone is 1. The second-order valence-corrected chi connectivity index (χ2v) is 4.54. The highest BCUT2D eigenvalue weighted by molar-refractivity contribution is 9.09. The normalized spacial score (nSPS) is 12.1. The number of alkyl halides is 1. The Morgan fingerprint density at radius 1 is 1.58 bits per heavy atom. The van der Waals surface area contributed by atoms with Crippen LogP contribution < -0.4 is 0 Å². The molecule has 0 saturated carbocycles. The van der Waals surface area contributed by atoms with E-state index in [0.29, 0.717) is 0 Å². The first-order chi connectivity index (χ1) is 5.76. The molecule has 0 saturated heterocycles. The van der Waals surface area contributed by atoms with E-state index >= 15 is 0 Å². The lowest BCUT2D eigenvalue weighted by molar-refractivity contribution is 1.19. The van der Waals surface area contributed by atoms with Gasteiger partial charge in [0, 0.05) is 15.1 Å². The summed E-state index contributed by atoms with van der Waals surface area (Å²) in [7, 11) is 0. The van der Waals surface area contributed by atoms with Crippen LogP contribution in [0.3, 0.4) is 0 Å². The fourth-order valence-electron chi connectivity index (χ4n) is 0.944. The molecule has 1 rings (SSSR count). The van der Waals surface area contributed by atoms with Gasteiger partial charge in [-0.05, 0) is 31.6 Å². The minimum atomic E-state index is 0.965. The monoisotopic (exact) mass is 244 g/mol. The molecule has 1 aromatic heterocycles. The van der Waals surface area contributed by atoms with Gasteiger partial charge in [-0.3, -0.25) is 0 Å². The maximum Gasteiger partial charge on any atom is 0.0272 e. The Labute approximate surface area is 86.4 Å². The molecule has 0 unspecified atom stereocenters. The van der Waals surface area contributed by atoms with E-state index in [2.05, 4.69) is 48.0 Å². The average molecular weight is 245 g/mol. The topological polar surface area (TPSA) is 0 Å². The summed E-state index contributed by atoms with van der Waals surface area (Å²) in [6.07, 6.45) is 3.38. The molecule has 0 atom stereocenters. The van der Waals surface area contributed by atoms with Crippen molar-refractivity contribution in [2.75, 3.05) is 5.33 Å². The Morgan fingerprint density at radius 2 is 2.33 bits per heavy atom. The Balaban J connectivity index is 2.76. The van der Waals surface area contributed by atoms with Crippen LogP contribution in [0.25, 0.3) is 6.08 Å². The molecule has 2 heteroatoms. The van der Waals surface area contributed by atoms with Gasteiger partial charge in [-0.2, -0.15) is 0 Å². The fraction of sp³-hybridized carbons (Fsp3) is 0.400. The second kappa shape index (κ2) is 4.83. The van der Waals surface area contributed by atoms with E-state index in [4.69, 9.17) is 0 Å². The predicted molar refractivity (Wildman–Crippen MR) is 61.1 cm³/mol.